The fourth-order valence-corrected chi connectivity index (χ4v) is 1.84. The number of anilines is 1. The summed E-state index contributed by atoms with van der Waals surface area (Å²) in [7, 11) is 1.32. The lowest BCUT2D eigenvalue weighted by atomic mass is 10.2. The van der Waals surface area contributed by atoms with Crippen LogP contribution in [0.5, 0.6) is 0 Å². The van der Waals surface area contributed by atoms with Gasteiger partial charge in [0.05, 0.1) is 31.8 Å². The molecule has 0 unspecified atom stereocenters. The highest BCUT2D eigenvalue weighted by atomic mass is 16.5. The molecule has 0 aliphatic heterocycles. The lowest BCUT2D eigenvalue weighted by Gasteiger charge is -2.17. The molecule has 0 aromatic heterocycles. The van der Waals surface area contributed by atoms with E-state index in [2.05, 4.69) is 10.1 Å². The zero-order valence-corrected chi connectivity index (χ0v) is 12.3. The number of hydrogen-bond donors (Lipinski definition) is 1. The molecular weight excluding hydrogens is 270 g/mol. The van der Waals surface area contributed by atoms with Crippen LogP contribution in [0.4, 0.5) is 5.69 Å². The summed E-state index contributed by atoms with van der Waals surface area (Å²) in [4.78, 5) is 25.0. The van der Waals surface area contributed by atoms with Gasteiger partial charge in [-0.1, -0.05) is 6.92 Å². The molecule has 1 amide bonds. The van der Waals surface area contributed by atoms with Gasteiger partial charge in [-0.2, -0.15) is 5.26 Å². The molecule has 0 heterocycles. The van der Waals surface area contributed by atoms with Crippen LogP contribution in [-0.4, -0.2) is 43.5 Å². The molecule has 0 saturated heterocycles. The molecule has 0 aliphatic rings. The normalized spacial score (nSPS) is 10.0. The van der Waals surface area contributed by atoms with Crippen molar-refractivity contribution in [3.8, 4) is 6.07 Å². The Hall–Kier alpha value is -2.39. The number of carbonyl (C=O) groups excluding carboxylic acids is 2. The first-order valence-corrected chi connectivity index (χ1v) is 6.68. The van der Waals surface area contributed by atoms with E-state index in [-0.39, 0.29) is 19.0 Å². The highest BCUT2D eigenvalue weighted by Crippen LogP contribution is 2.10. The van der Waals surface area contributed by atoms with Gasteiger partial charge in [0.25, 0.3) is 0 Å². The number of rotatable bonds is 7. The van der Waals surface area contributed by atoms with E-state index in [4.69, 9.17) is 5.26 Å². The number of amides is 1. The molecular formula is C15H19N3O3. The van der Waals surface area contributed by atoms with Crippen LogP contribution in [0.3, 0.4) is 0 Å². The third-order valence-corrected chi connectivity index (χ3v) is 2.79. The third kappa shape index (κ3) is 5.63. The predicted octanol–water partition coefficient (Wildman–Crippen LogP) is 1.65. The maximum atomic E-state index is 11.9. The van der Waals surface area contributed by atoms with E-state index in [1.54, 1.807) is 29.2 Å². The van der Waals surface area contributed by atoms with Crippen molar-refractivity contribution in [2.75, 3.05) is 32.1 Å². The Bertz CT molecular complexity index is 520. The van der Waals surface area contributed by atoms with Crippen LogP contribution in [0.25, 0.3) is 0 Å². The summed E-state index contributed by atoms with van der Waals surface area (Å²) < 4.78 is 4.60. The third-order valence-electron chi connectivity index (χ3n) is 2.79. The van der Waals surface area contributed by atoms with Gasteiger partial charge < -0.3 is 10.1 Å². The maximum Gasteiger partial charge on any atom is 0.337 e. The van der Waals surface area contributed by atoms with Crippen molar-refractivity contribution in [1.82, 2.24) is 4.90 Å². The molecule has 0 spiro atoms. The number of nitriles is 1. The minimum absolute atomic E-state index is 0.167. The number of nitrogens with zero attached hydrogens (tertiary/aromatic N) is 2. The number of benzene rings is 1. The van der Waals surface area contributed by atoms with Crippen molar-refractivity contribution in [2.24, 2.45) is 0 Å². The van der Waals surface area contributed by atoms with Gasteiger partial charge in [-0.05, 0) is 37.2 Å². The molecule has 0 saturated carbocycles. The summed E-state index contributed by atoms with van der Waals surface area (Å²) in [5, 5.41) is 11.4. The molecule has 6 heteroatoms. The Balaban J connectivity index is 2.58. The van der Waals surface area contributed by atoms with Crippen molar-refractivity contribution in [3.05, 3.63) is 29.8 Å². The number of esters is 1. The molecule has 112 valence electrons. The molecule has 0 atom stereocenters. The summed E-state index contributed by atoms with van der Waals surface area (Å²) in [6, 6.07) is 8.49. The van der Waals surface area contributed by atoms with E-state index >= 15 is 0 Å². The minimum Gasteiger partial charge on any atom is -0.465 e. The summed E-state index contributed by atoms with van der Waals surface area (Å²) in [5.41, 5.74) is 1.02. The Morgan fingerprint density at radius 3 is 2.52 bits per heavy atom. The molecule has 1 aromatic carbocycles. The Labute approximate surface area is 124 Å². The standard InChI is InChI=1S/C15H19N3O3/c1-3-9-18(10-8-16)11-14(19)17-13-6-4-12(5-7-13)15(20)21-2/h4-7H,3,9-11H2,1-2H3,(H,17,19). The van der Waals surface area contributed by atoms with Crippen molar-refractivity contribution in [3.63, 3.8) is 0 Å². The van der Waals surface area contributed by atoms with Crippen molar-refractivity contribution >= 4 is 17.6 Å². The smallest absolute Gasteiger partial charge is 0.337 e. The number of ether oxygens (including phenoxy) is 1. The van der Waals surface area contributed by atoms with Crippen LogP contribution in [-0.2, 0) is 9.53 Å². The Kier molecular flexibility index (Phi) is 6.92. The topological polar surface area (TPSA) is 82.4 Å². The highest BCUT2D eigenvalue weighted by molar-refractivity contribution is 5.93. The summed E-state index contributed by atoms with van der Waals surface area (Å²) >= 11 is 0. The van der Waals surface area contributed by atoms with Gasteiger partial charge in [0.2, 0.25) is 5.91 Å². The van der Waals surface area contributed by atoms with Gasteiger partial charge >= 0.3 is 5.97 Å². The summed E-state index contributed by atoms with van der Waals surface area (Å²) in [6.45, 7) is 3.08. The first-order valence-electron chi connectivity index (χ1n) is 6.68. The average Bonchev–Trinajstić information content (AvgIpc) is 2.47. The first kappa shape index (κ1) is 16.7. The molecule has 0 bridgehead atoms. The SMILES string of the molecule is CCCN(CC#N)CC(=O)Nc1ccc(C(=O)OC)cc1. The van der Waals surface area contributed by atoms with Crippen LogP contribution in [0.2, 0.25) is 0 Å². The fourth-order valence-electron chi connectivity index (χ4n) is 1.84. The number of methoxy groups -OCH3 is 1. The number of nitrogens with one attached hydrogen (secondary N) is 1. The van der Waals surface area contributed by atoms with Crippen molar-refractivity contribution in [2.45, 2.75) is 13.3 Å². The van der Waals surface area contributed by atoms with E-state index in [1.165, 1.54) is 7.11 Å². The average molecular weight is 289 g/mol. The van der Waals surface area contributed by atoms with Gasteiger partial charge in [-0.25, -0.2) is 4.79 Å². The molecule has 0 radical (unpaired) electrons. The van der Waals surface area contributed by atoms with Crippen LogP contribution in [0.15, 0.2) is 24.3 Å². The Morgan fingerprint density at radius 1 is 1.33 bits per heavy atom. The van der Waals surface area contributed by atoms with Crippen LogP contribution in [0.1, 0.15) is 23.7 Å². The molecule has 6 nitrogen and oxygen atoms in total. The molecule has 21 heavy (non-hydrogen) atoms. The highest BCUT2D eigenvalue weighted by Gasteiger charge is 2.10. The second-order valence-corrected chi connectivity index (χ2v) is 4.49. The predicted molar refractivity (Wildman–Crippen MR) is 78.8 cm³/mol. The van der Waals surface area contributed by atoms with E-state index < -0.39 is 5.97 Å². The lowest BCUT2D eigenvalue weighted by molar-refractivity contribution is -0.117. The molecule has 1 aromatic rings. The second-order valence-electron chi connectivity index (χ2n) is 4.49. The van der Waals surface area contributed by atoms with Gasteiger partial charge in [-0.3, -0.25) is 9.69 Å². The molecule has 0 aliphatic carbocycles. The van der Waals surface area contributed by atoms with Gasteiger partial charge in [0.1, 0.15) is 0 Å². The van der Waals surface area contributed by atoms with Crippen molar-refractivity contribution in [1.29, 1.82) is 5.26 Å². The van der Waals surface area contributed by atoms with Crippen LogP contribution >= 0.6 is 0 Å². The van der Waals surface area contributed by atoms with E-state index in [1.807, 2.05) is 13.0 Å². The van der Waals surface area contributed by atoms with Gasteiger partial charge in [0, 0.05) is 5.69 Å². The largest absolute Gasteiger partial charge is 0.465 e. The lowest BCUT2D eigenvalue weighted by Crippen LogP contribution is -2.34. The summed E-state index contributed by atoms with van der Waals surface area (Å²) in [6.07, 6.45) is 0.878. The van der Waals surface area contributed by atoms with Crippen LogP contribution in [0, 0.1) is 11.3 Å². The molecule has 1 rings (SSSR count). The van der Waals surface area contributed by atoms with Gasteiger partial charge in [0.15, 0.2) is 0 Å². The first-order chi connectivity index (χ1) is 10.1. The van der Waals surface area contributed by atoms with Crippen LogP contribution < -0.4 is 5.32 Å². The summed E-state index contributed by atoms with van der Waals surface area (Å²) in [5.74, 6) is -0.611. The zero-order chi connectivity index (χ0) is 15.7. The van der Waals surface area contributed by atoms with E-state index in [9.17, 15) is 9.59 Å². The fraction of sp³-hybridized carbons (Fsp3) is 0.400. The zero-order valence-electron chi connectivity index (χ0n) is 12.3. The van der Waals surface area contributed by atoms with E-state index in [0.717, 1.165) is 6.42 Å². The minimum atomic E-state index is -0.420. The Morgan fingerprint density at radius 2 is 2.00 bits per heavy atom. The second kappa shape index (κ2) is 8.72. The molecule has 0 fully saturated rings. The number of hydrogen-bond acceptors (Lipinski definition) is 5. The quantitative estimate of drug-likeness (QED) is 0.609. The number of carbonyl (C=O) groups is 2. The van der Waals surface area contributed by atoms with E-state index in [0.29, 0.717) is 17.8 Å². The monoisotopic (exact) mass is 289 g/mol. The maximum absolute atomic E-state index is 11.9. The van der Waals surface area contributed by atoms with Gasteiger partial charge in [-0.15, -0.1) is 0 Å². The molecule has 1 N–H and O–H groups in total. The van der Waals surface area contributed by atoms with Crippen molar-refractivity contribution < 1.29 is 14.3 Å².